The van der Waals surface area contributed by atoms with Crippen LogP contribution in [0, 0.1) is 0 Å². The van der Waals surface area contributed by atoms with Crippen LogP contribution in [-0.4, -0.2) is 67.1 Å². The van der Waals surface area contributed by atoms with E-state index in [0.29, 0.717) is 13.0 Å². The topological polar surface area (TPSA) is 64.9 Å². The number of halogens is 1. The molecule has 30 heavy (non-hydrogen) atoms. The smallest absolute Gasteiger partial charge is 0.224 e. The summed E-state index contributed by atoms with van der Waals surface area (Å²) < 4.78 is 2.12. The van der Waals surface area contributed by atoms with E-state index in [1.54, 1.807) is 0 Å². The summed E-state index contributed by atoms with van der Waals surface area (Å²) in [5, 5.41) is 6.56. The highest BCUT2D eigenvalue weighted by Gasteiger charge is 2.20. The number of aliphatic imine (C=N–C) groups is 1. The Labute approximate surface area is 196 Å². The SMILES string of the molecule is CCNC(=NCCC(=O)N1CCN(c2ccccc2)CC1)NCCn1cccc1.I. The van der Waals surface area contributed by atoms with Gasteiger partial charge in [-0.3, -0.25) is 9.79 Å². The van der Waals surface area contributed by atoms with E-state index in [1.807, 2.05) is 42.4 Å². The van der Waals surface area contributed by atoms with Crippen LogP contribution in [0.3, 0.4) is 0 Å². The number of piperazine rings is 1. The molecule has 0 radical (unpaired) electrons. The van der Waals surface area contributed by atoms with E-state index >= 15 is 0 Å². The summed E-state index contributed by atoms with van der Waals surface area (Å²) in [6, 6.07) is 14.4. The largest absolute Gasteiger partial charge is 0.368 e. The van der Waals surface area contributed by atoms with E-state index in [0.717, 1.165) is 51.8 Å². The van der Waals surface area contributed by atoms with Gasteiger partial charge in [-0.05, 0) is 31.2 Å². The van der Waals surface area contributed by atoms with Gasteiger partial charge < -0.3 is 25.0 Å². The molecule has 2 heterocycles. The van der Waals surface area contributed by atoms with Crippen molar-refractivity contribution in [2.45, 2.75) is 19.9 Å². The number of carbonyl (C=O) groups is 1. The first kappa shape index (κ1) is 24.0. The van der Waals surface area contributed by atoms with Gasteiger partial charge in [0.15, 0.2) is 5.96 Å². The van der Waals surface area contributed by atoms with E-state index in [1.165, 1.54) is 5.69 Å². The Morgan fingerprint density at radius 1 is 1.00 bits per heavy atom. The highest BCUT2D eigenvalue weighted by atomic mass is 127. The molecule has 2 aromatic rings. The number of nitrogens with one attached hydrogen (secondary N) is 2. The minimum atomic E-state index is 0. The predicted octanol–water partition coefficient (Wildman–Crippen LogP) is 2.40. The van der Waals surface area contributed by atoms with Crippen molar-refractivity contribution in [3.05, 3.63) is 54.9 Å². The molecule has 1 aromatic carbocycles. The maximum absolute atomic E-state index is 12.5. The van der Waals surface area contributed by atoms with Gasteiger partial charge in [-0.25, -0.2) is 0 Å². The van der Waals surface area contributed by atoms with Crippen LogP contribution in [0.25, 0.3) is 0 Å². The third kappa shape index (κ3) is 7.55. The van der Waals surface area contributed by atoms with Crippen molar-refractivity contribution >= 4 is 41.5 Å². The third-order valence-corrected chi connectivity index (χ3v) is 5.02. The molecule has 1 saturated heterocycles. The molecule has 0 atom stereocenters. The number of benzene rings is 1. The summed E-state index contributed by atoms with van der Waals surface area (Å²) in [6.45, 7) is 8.30. The highest BCUT2D eigenvalue weighted by molar-refractivity contribution is 14.0. The van der Waals surface area contributed by atoms with Crippen LogP contribution in [0.1, 0.15) is 13.3 Å². The molecule has 1 fully saturated rings. The zero-order valence-electron chi connectivity index (χ0n) is 17.7. The van der Waals surface area contributed by atoms with Gasteiger partial charge in [0.25, 0.3) is 0 Å². The fourth-order valence-corrected chi connectivity index (χ4v) is 3.44. The fourth-order valence-electron chi connectivity index (χ4n) is 3.44. The van der Waals surface area contributed by atoms with E-state index in [2.05, 4.69) is 49.4 Å². The summed E-state index contributed by atoms with van der Waals surface area (Å²) in [7, 11) is 0. The normalized spacial score (nSPS) is 14.2. The molecular weight excluding hydrogens is 491 g/mol. The van der Waals surface area contributed by atoms with Crippen LogP contribution < -0.4 is 15.5 Å². The lowest BCUT2D eigenvalue weighted by Gasteiger charge is -2.36. The Hall–Kier alpha value is -2.23. The molecular formula is C22H33IN6O. The molecule has 7 nitrogen and oxygen atoms in total. The van der Waals surface area contributed by atoms with Gasteiger partial charge >= 0.3 is 0 Å². The van der Waals surface area contributed by atoms with E-state index < -0.39 is 0 Å². The molecule has 8 heteroatoms. The first-order chi connectivity index (χ1) is 14.3. The molecule has 1 amide bonds. The van der Waals surface area contributed by atoms with Crippen LogP contribution in [0.4, 0.5) is 5.69 Å². The van der Waals surface area contributed by atoms with Gasteiger partial charge in [0.05, 0.1) is 6.54 Å². The van der Waals surface area contributed by atoms with Crippen LogP contribution in [0.2, 0.25) is 0 Å². The minimum Gasteiger partial charge on any atom is -0.368 e. The molecule has 0 spiro atoms. The number of rotatable bonds is 8. The first-order valence-corrected chi connectivity index (χ1v) is 10.5. The van der Waals surface area contributed by atoms with Crippen molar-refractivity contribution in [1.29, 1.82) is 0 Å². The van der Waals surface area contributed by atoms with Crippen molar-refractivity contribution in [3.63, 3.8) is 0 Å². The number of carbonyl (C=O) groups excluding carboxylic acids is 1. The maximum Gasteiger partial charge on any atom is 0.224 e. The first-order valence-electron chi connectivity index (χ1n) is 10.5. The van der Waals surface area contributed by atoms with Crippen molar-refractivity contribution < 1.29 is 4.79 Å². The second-order valence-electron chi connectivity index (χ2n) is 7.06. The quantitative estimate of drug-likeness (QED) is 0.317. The van der Waals surface area contributed by atoms with Crippen molar-refractivity contribution in [3.8, 4) is 0 Å². The zero-order chi connectivity index (χ0) is 20.3. The lowest BCUT2D eigenvalue weighted by Crippen LogP contribution is -2.49. The van der Waals surface area contributed by atoms with Crippen LogP contribution in [-0.2, 0) is 11.3 Å². The Balaban J connectivity index is 0.00000320. The van der Waals surface area contributed by atoms with E-state index in [-0.39, 0.29) is 29.9 Å². The minimum absolute atomic E-state index is 0. The van der Waals surface area contributed by atoms with Crippen molar-refractivity contribution in [2.75, 3.05) is 50.7 Å². The predicted molar refractivity (Wildman–Crippen MR) is 134 cm³/mol. The van der Waals surface area contributed by atoms with Gasteiger partial charge in [-0.2, -0.15) is 0 Å². The summed E-state index contributed by atoms with van der Waals surface area (Å²) in [4.78, 5) is 21.4. The summed E-state index contributed by atoms with van der Waals surface area (Å²) >= 11 is 0. The molecule has 1 aliphatic rings. The number of anilines is 1. The molecule has 0 unspecified atom stereocenters. The number of para-hydroxylation sites is 1. The van der Waals surface area contributed by atoms with Gasteiger partial charge in [0.2, 0.25) is 5.91 Å². The standard InChI is InChI=1S/C22H32N6O.HI/c1-2-23-22(25-12-15-26-13-6-7-14-26)24-11-10-21(29)28-18-16-27(17-19-28)20-8-4-3-5-9-20;/h3-9,13-14H,2,10-12,15-19H2,1H3,(H2,23,24,25);1H. The molecule has 0 saturated carbocycles. The van der Waals surface area contributed by atoms with Crippen LogP contribution in [0.5, 0.6) is 0 Å². The fraction of sp³-hybridized carbons (Fsp3) is 0.455. The van der Waals surface area contributed by atoms with E-state index in [9.17, 15) is 4.79 Å². The lowest BCUT2D eigenvalue weighted by atomic mass is 10.2. The molecule has 2 N–H and O–H groups in total. The Morgan fingerprint density at radius 2 is 1.70 bits per heavy atom. The van der Waals surface area contributed by atoms with Crippen LogP contribution in [0.15, 0.2) is 59.9 Å². The number of aromatic nitrogens is 1. The average molecular weight is 524 g/mol. The second kappa shape index (κ2) is 13.1. The maximum atomic E-state index is 12.5. The van der Waals surface area contributed by atoms with Crippen LogP contribution >= 0.6 is 24.0 Å². The molecule has 1 aliphatic heterocycles. The Bertz CT molecular complexity index is 757. The number of nitrogens with zero attached hydrogens (tertiary/aromatic N) is 4. The summed E-state index contributed by atoms with van der Waals surface area (Å²) in [6.07, 6.45) is 4.53. The summed E-state index contributed by atoms with van der Waals surface area (Å²) in [5.41, 5.74) is 1.23. The third-order valence-electron chi connectivity index (χ3n) is 5.02. The van der Waals surface area contributed by atoms with Gasteiger partial charge in [-0.15, -0.1) is 24.0 Å². The van der Waals surface area contributed by atoms with Gasteiger partial charge in [0, 0.05) is 70.3 Å². The zero-order valence-corrected chi connectivity index (χ0v) is 20.0. The molecule has 0 aliphatic carbocycles. The van der Waals surface area contributed by atoms with E-state index in [4.69, 9.17) is 0 Å². The van der Waals surface area contributed by atoms with Gasteiger partial charge in [-0.1, -0.05) is 18.2 Å². The molecule has 164 valence electrons. The molecule has 0 bridgehead atoms. The summed E-state index contributed by atoms with van der Waals surface area (Å²) in [5.74, 6) is 0.950. The second-order valence-corrected chi connectivity index (χ2v) is 7.06. The van der Waals surface area contributed by atoms with Crippen molar-refractivity contribution in [2.24, 2.45) is 4.99 Å². The molecule has 1 aromatic heterocycles. The lowest BCUT2D eigenvalue weighted by molar-refractivity contribution is -0.131. The highest BCUT2D eigenvalue weighted by Crippen LogP contribution is 2.15. The average Bonchev–Trinajstić information content (AvgIpc) is 3.28. The number of amides is 1. The number of hydrogen-bond acceptors (Lipinski definition) is 3. The monoisotopic (exact) mass is 524 g/mol. The molecule has 3 rings (SSSR count). The number of hydrogen-bond donors (Lipinski definition) is 2. The Kier molecular flexibility index (Phi) is 10.5. The van der Waals surface area contributed by atoms with Gasteiger partial charge in [0.1, 0.15) is 0 Å². The Morgan fingerprint density at radius 3 is 2.37 bits per heavy atom. The van der Waals surface area contributed by atoms with Crippen molar-refractivity contribution in [1.82, 2.24) is 20.1 Å². The number of guanidine groups is 1.